The molecule has 40 nitrogen and oxygen atoms in total. The number of nitrogens with two attached hydrogens (primary N) is 1. The number of nitrogens with one attached hydrogen (secondary N) is 7. The van der Waals surface area contributed by atoms with E-state index in [1.807, 2.05) is 0 Å². The van der Waals surface area contributed by atoms with Gasteiger partial charge in [-0.1, -0.05) is 97.3 Å². The summed E-state index contributed by atoms with van der Waals surface area (Å²) >= 11 is 0. The number of Topliss-reactive ketones (excluding diaryl/α,β-unsaturated/α-hetero) is 6. The second kappa shape index (κ2) is 71.2. The van der Waals surface area contributed by atoms with E-state index in [-0.39, 0.29) is 217 Å². The van der Waals surface area contributed by atoms with Crippen molar-refractivity contribution in [3.05, 3.63) is 77.9 Å². The summed E-state index contributed by atoms with van der Waals surface area (Å²) in [5.41, 5.74) is 5.98. The SMILES string of the molecule is CC(C)(CC(=O)[C@@H](N)Cc1cnc[nH]1)C(=O)CN[C@@H](CCCCNC(=O)COCCOCCCC(=O)CC[C@H](NC(=O)CC[C@H](CC(=O)CCCCCCCCCCOc1ccc(C(=O)O)cc1)C(=O)O)C(=O)O)C(=O)C[C@@H](CCCCNC(=O)COCCOCCNC(=O)CC[C@H](CC(=O)CC[C@H](NC(=O)CCCCCCCCCCOc1ccc(C(=O)O)cc1)C(=O)O)C(=O)O)C(=O)O. The summed E-state index contributed by atoms with van der Waals surface area (Å²) in [6.07, 6.45) is 16.2. The van der Waals surface area contributed by atoms with Crippen molar-refractivity contribution in [2.24, 2.45) is 28.9 Å². The molecule has 0 aliphatic heterocycles. The standard InChI is InChI=1S/C96H145N9O31/c1-96(2,60-82(110)77(97)59-71-61-98-65-103-71)83(111)62-102-78(27-18-20-46-100-88(116)63-133-54-52-131-48-23-26-72(106)35-41-79(94(127)128)105-86(114)44-34-70(93(125)126)56-73(107)25-15-11-7-3-5-9-13-21-49-135-75-37-29-66(30-38-75)89(117)118)81(109)58-68(91(121)122)24-17-19-45-99-87(115)64-134-55-53-132-51-47-101-84(112)43-33-69(92(123)124)57-74(108)36-42-80(95(129)130)104-85(113)28-16-12-8-4-6-10-14-22-50-136-76-39-31-67(32-40-76)90(119)120/h29-32,37-40,61,65,68-70,77-80,102H,3-28,33-36,41-60,62-64,97H2,1-2H3,(H,98,103)(H,99,115)(H,100,116)(H,101,112)(H,104,113)(H,105,114)(H,117,118)(H,119,120)(H,121,122)(H,123,124)(H,125,126)(H,127,128)(H,129,130)/t68-,69-,70-,77+,78+,79+,80+/m1/s1. The van der Waals surface area contributed by atoms with Crippen molar-refractivity contribution in [1.29, 1.82) is 0 Å². The zero-order valence-corrected chi connectivity index (χ0v) is 78.7. The number of imidazole rings is 1. The van der Waals surface area contributed by atoms with Crippen LogP contribution in [0.25, 0.3) is 0 Å². The Morgan fingerprint density at radius 3 is 1.27 bits per heavy atom. The molecule has 5 amide bonds. The van der Waals surface area contributed by atoms with Crippen LogP contribution in [0.1, 0.15) is 284 Å². The topological polar surface area (TPSA) is 631 Å². The van der Waals surface area contributed by atoms with Crippen molar-refractivity contribution in [2.45, 2.75) is 288 Å². The summed E-state index contributed by atoms with van der Waals surface area (Å²) in [4.78, 5) is 232. The molecule has 0 aliphatic rings. The summed E-state index contributed by atoms with van der Waals surface area (Å²) < 4.78 is 33.1. The highest BCUT2D eigenvalue weighted by molar-refractivity contribution is 5.95. The number of hydrogen-bond acceptors (Lipinski definition) is 27. The summed E-state index contributed by atoms with van der Waals surface area (Å²) in [6, 6.07) is 7.75. The number of aromatic amines is 1. The third kappa shape index (κ3) is 57.5. The first kappa shape index (κ1) is 119. The normalized spacial score (nSPS) is 12.8. The number of benzene rings is 2. The second-order valence-corrected chi connectivity index (χ2v) is 34.6. The number of H-pyrrole nitrogens is 1. The zero-order chi connectivity index (χ0) is 100. The molecule has 2 aromatic carbocycles. The average molecular weight is 1920 g/mol. The molecule has 0 saturated heterocycles. The molecule has 1 heterocycles. The van der Waals surface area contributed by atoms with E-state index in [4.69, 9.17) is 44.4 Å². The van der Waals surface area contributed by atoms with E-state index in [9.17, 15) is 112 Å². The van der Waals surface area contributed by atoms with E-state index >= 15 is 0 Å². The van der Waals surface area contributed by atoms with Crippen LogP contribution in [0.5, 0.6) is 11.5 Å². The van der Waals surface area contributed by atoms with Crippen molar-refractivity contribution in [2.75, 3.05) is 92.2 Å². The Labute approximate surface area is 793 Å². The lowest BCUT2D eigenvalue weighted by Crippen LogP contribution is -2.45. The van der Waals surface area contributed by atoms with Crippen LogP contribution in [0.15, 0.2) is 61.1 Å². The van der Waals surface area contributed by atoms with E-state index in [0.717, 1.165) is 89.9 Å². The number of carbonyl (C=O) groups excluding carboxylic acids is 11. The highest BCUT2D eigenvalue weighted by atomic mass is 16.5. The molecule has 16 N–H and O–H groups in total. The minimum Gasteiger partial charge on any atom is -0.494 e. The summed E-state index contributed by atoms with van der Waals surface area (Å²) in [5.74, 6) is -15.7. The van der Waals surface area contributed by atoms with Gasteiger partial charge in [0, 0.05) is 121 Å². The van der Waals surface area contributed by atoms with Crippen LogP contribution in [0, 0.1) is 23.2 Å². The molecule has 1 aromatic heterocycles. The van der Waals surface area contributed by atoms with Crippen LogP contribution in [0.3, 0.4) is 0 Å². The van der Waals surface area contributed by atoms with Crippen LogP contribution in [0.4, 0.5) is 0 Å². The van der Waals surface area contributed by atoms with Crippen LogP contribution in [-0.2, 0) is 102 Å². The molecule has 0 fully saturated rings. The Balaban J connectivity index is 1.28. The summed E-state index contributed by atoms with van der Waals surface area (Å²) in [6.45, 7) is 3.87. The van der Waals surface area contributed by atoms with Gasteiger partial charge >= 0.3 is 41.8 Å². The number of carboxylic acid groups (broad SMARTS) is 7. The molecule has 0 saturated carbocycles. The van der Waals surface area contributed by atoms with E-state index in [0.29, 0.717) is 68.9 Å². The highest BCUT2D eigenvalue weighted by Crippen LogP contribution is 2.26. The Kier molecular flexibility index (Phi) is 62.2. The van der Waals surface area contributed by atoms with Crippen LogP contribution in [0.2, 0.25) is 0 Å². The number of carboxylic acids is 7. The molecule has 0 aliphatic carbocycles. The number of hydrogen-bond donors (Lipinski definition) is 15. The van der Waals surface area contributed by atoms with Gasteiger partial charge in [-0.3, -0.25) is 67.1 Å². The van der Waals surface area contributed by atoms with Crippen molar-refractivity contribution < 1.29 is 150 Å². The summed E-state index contributed by atoms with van der Waals surface area (Å²) in [7, 11) is 0. The Hall–Kier alpha value is -11.3. The number of carbonyl (C=O) groups is 18. The second-order valence-electron chi connectivity index (χ2n) is 34.6. The number of ketones is 6. The fourth-order valence-corrected chi connectivity index (χ4v) is 14.5. The van der Waals surface area contributed by atoms with Crippen molar-refractivity contribution in [1.82, 2.24) is 41.9 Å². The number of unbranched alkanes of at least 4 members (excludes halogenated alkanes) is 16. The number of aromatic carboxylic acids is 2. The lowest BCUT2D eigenvalue weighted by Gasteiger charge is -2.26. The number of amides is 5. The molecule has 136 heavy (non-hydrogen) atoms. The van der Waals surface area contributed by atoms with Crippen LogP contribution >= 0.6 is 0 Å². The van der Waals surface area contributed by atoms with Crippen molar-refractivity contribution in [3.8, 4) is 11.5 Å². The maximum absolute atomic E-state index is 14.0. The van der Waals surface area contributed by atoms with Gasteiger partial charge in [0.15, 0.2) is 17.3 Å². The van der Waals surface area contributed by atoms with Gasteiger partial charge in [-0.2, -0.15) is 0 Å². The Morgan fingerprint density at radius 2 is 0.794 bits per heavy atom. The van der Waals surface area contributed by atoms with Gasteiger partial charge in [0.1, 0.15) is 54.1 Å². The van der Waals surface area contributed by atoms with Crippen LogP contribution in [-0.4, -0.2) is 268 Å². The third-order valence-corrected chi connectivity index (χ3v) is 22.7. The quantitative estimate of drug-likeness (QED) is 0.0235. The van der Waals surface area contributed by atoms with Crippen molar-refractivity contribution >= 4 is 106 Å². The molecule has 3 rings (SSSR count). The fourth-order valence-electron chi connectivity index (χ4n) is 14.5. The van der Waals surface area contributed by atoms with E-state index < -0.39 is 149 Å². The molecule has 40 heteroatoms. The first-order valence-electron chi connectivity index (χ1n) is 47.4. The molecule has 760 valence electrons. The largest absolute Gasteiger partial charge is 0.494 e. The first-order chi connectivity index (χ1) is 65.0. The molecule has 0 bridgehead atoms. The molecular formula is C96H145N9O31. The average Bonchev–Trinajstić information content (AvgIpc) is 1.31. The van der Waals surface area contributed by atoms with Gasteiger partial charge in [0.25, 0.3) is 0 Å². The number of aliphatic carboxylic acids is 5. The minimum absolute atomic E-state index is 0.000286. The van der Waals surface area contributed by atoms with Gasteiger partial charge in [0.2, 0.25) is 29.5 Å². The third-order valence-electron chi connectivity index (χ3n) is 22.7. The molecule has 3 aromatic rings. The minimum atomic E-state index is -1.41. The number of aromatic nitrogens is 2. The zero-order valence-electron chi connectivity index (χ0n) is 78.7. The summed E-state index contributed by atoms with van der Waals surface area (Å²) in [5, 5.41) is 83.1. The number of nitrogens with zero attached hydrogens (tertiary/aromatic N) is 1. The maximum Gasteiger partial charge on any atom is 0.335 e. The number of ether oxygens (including phenoxy) is 6. The maximum atomic E-state index is 14.0. The van der Waals surface area contributed by atoms with Crippen molar-refractivity contribution in [3.63, 3.8) is 0 Å². The van der Waals surface area contributed by atoms with Gasteiger partial charge in [0.05, 0.1) is 100 Å². The Bertz CT molecular complexity index is 4150. The molecular weight excluding hydrogens is 1780 g/mol. The van der Waals surface area contributed by atoms with Gasteiger partial charge in [-0.15, -0.1) is 0 Å². The monoisotopic (exact) mass is 1920 g/mol. The molecule has 0 unspecified atom stereocenters. The Morgan fingerprint density at radius 1 is 0.375 bits per heavy atom. The van der Waals surface area contributed by atoms with Gasteiger partial charge in [-0.25, -0.2) is 24.2 Å². The molecule has 7 atom stereocenters. The fraction of sp³-hybridized carbons (Fsp3) is 0.656. The lowest BCUT2D eigenvalue weighted by atomic mass is 9.81. The lowest BCUT2D eigenvalue weighted by molar-refractivity contribution is -0.145. The molecule has 0 spiro atoms. The van der Waals surface area contributed by atoms with Gasteiger partial charge < -0.3 is 107 Å². The van der Waals surface area contributed by atoms with E-state index in [1.165, 1.54) is 36.8 Å². The highest BCUT2D eigenvalue weighted by Gasteiger charge is 2.35. The van der Waals surface area contributed by atoms with E-state index in [1.54, 1.807) is 38.1 Å². The first-order valence-corrected chi connectivity index (χ1v) is 47.4. The molecule has 0 radical (unpaired) electrons. The number of rotatable bonds is 88. The predicted molar refractivity (Wildman–Crippen MR) is 494 cm³/mol. The smallest absolute Gasteiger partial charge is 0.335 e. The van der Waals surface area contributed by atoms with Gasteiger partial charge in [-0.05, 0) is 138 Å². The predicted octanol–water partition coefficient (Wildman–Crippen LogP) is 8.71. The van der Waals surface area contributed by atoms with Crippen LogP contribution < -0.4 is 47.1 Å². The van der Waals surface area contributed by atoms with E-state index in [2.05, 4.69) is 41.9 Å².